The molecule has 190 valence electrons. The minimum Gasteiger partial charge on any atom is -0.354 e. The van der Waals surface area contributed by atoms with Crippen LogP contribution in [-0.4, -0.2) is 29.3 Å². The summed E-state index contributed by atoms with van der Waals surface area (Å²) in [5, 5.41) is 5.25. The van der Waals surface area contributed by atoms with Gasteiger partial charge in [-0.2, -0.15) is 0 Å². The van der Waals surface area contributed by atoms with Crippen molar-refractivity contribution in [2.45, 2.75) is 45.2 Å². The molecule has 4 nitrogen and oxygen atoms in total. The summed E-state index contributed by atoms with van der Waals surface area (Å²) in [5.41, 5.74) is 2.86. The van der Waals surface area contributed by atoms with Crippen molar-refractivity contribution < 1.29 is 14.0 Å². The Morgan fingerprint density at radius 3 is 2.30 bits per heavy atom. The number of carbonyl (C=O) groups excluding carboxylic acids is 2. The van der Waals surface area contributed by atoms with Crippen LogP contribution in [0.25, 0.3) is 10.8 Å². The Balaban J connectivity index is 1.62. The molecule has 0 aliphatic carbocycles. The monoisotopic (exact) mass is 496 g/mol. The van der Waals surface area contributed by atoms with Crippen molar-refractivity contribution in [3.63, 3.8) is 0 Å². The van der Waals surface area contributed by atoms with Crippen LogP contribution in [0.5, 0.6) is 0 Å². The molecule has 0 fully saturated rings. The van der Waals surface area contributed by atoms with Gasteiger partial charge in [-0.05, 0) is 52.4 Å². The Morgan fingerprint density at radius 1 is 0.838 bits per heavy atom. The van der Waals surface area contributed by atoms with Gasteiger partial charge in [-0.3, -0.25) is 9.59 Å². The summed E-state index contributed by atoms with van der Waals surface area (Å²) in [4.78, 5) is 28.8. The zero-order chi connectivity index (χ0) is 26.0. The van der Waals surface area contributed by atoms with Crippen molar-refractivity contribution in [2.75, 3.05) is 6.54 Å². The molecule has 0 saturated carbocycles. The summed E-state index contributed by atoms with van der Waals surface area (Å²) in [5.74, 6) is -0.615. The fraction of sp³-hybridized carbons (Fsp3) is 0.250. The van der Waals surface area contributed by atoms with Crippen LogP contribution < -0.4 is 5.32 Å². The van der Waals surface area contributed by atoms with Crippen LogP contribution in [-0.2, 0) is 29.0 Å². The van der Waals surface area contributed by atoms with Crippen molar-refractivity contribution in [2.24, 2.45) is 0 Å². The lowest BCUT2D eigenvalue weighted by Crippen LogP contribution is -2.50. The van der Waals surface area contributed by atoms with Gasteiger partial charge in [-0.25, -0.2) is 4.39 Å². The molecule has 0 aromatic heterocycles. The molecule has 4 rings (SSSR count). The first kappa shape index (κ1) is 26.1. The van der Waals surface area contributed by atoms with E-state index in [2.05, 4.69) is 29.6 Å². The number of hydrogen-bond donors (Lipinski definition) is 1. The highest BCUT2D eigenvalue weighted by Gasteiger charge is 2.30. The lowest BCUT2D eigenvalue weighted by Gasteiger charge is -2.31. The summed E-state index contributed by atoms with van der Waals surface area (Å²) in [7, 11) is 0. The average molecular weight is 497 g/mol. The zero-order valence-corrected chi connectivity index (χ0v) is 21.2. The quantitative estimate of drug-likeness (QED) is 0.274. The predicted molar refractivity (Wildman–Crippen MR) is 146 cm³/mol. The summed E-state index contributed by atoms with van der Waals surface area (Å²) in [6.07, 6.45) is 2.03. The number of benzene rings is 4. The van der Waals surface area contributed by atoms with E-state index in [4.69, 9.17) is 0 Å². The molecule has 37 heavy (non-hydrogen) atoms. The van der Waals surface area contributed by atoms with Crippen LogP contribution in [0.4, 0.5) is 4.39 Å². The van der Waals surface area contributed by atoms with Crippen molar-refractivity contribution in [1.29, 1.82) is 0 Å². The first-order valence-corrected chi connectivity index (χ1v) is 12.9. The Bertz CT molecular complexity index is 1320. The van der Waals surface area contributed by atoms with Gasteiger partial charge in [0.05, 0.1) is 0 Å². The molecule has 0 radical (unpaired) electrons. The number of hydrogen-bond acceptors (Lipinski definition) is 2. The third-order valence-electron chi connectivity index (χ3n) is 6.57. The molecule has 1 atom stereocenters. The van der Waals surface area contributed by atoms with Gasteiger partial charge in [0.1, 0.15) is 11.9 Å². The van der Waals surface area contributed by atoms with Crippen LogP contribution in [0, 0.1) is 5.82 Å². The molecule has 0 aliphatic heterocycles. The van der Waals surface area contributed by atoms with Gasteiger partial charge < -0.3 is 10.2 Å². The van der Waals surface area contributed by atoms with Crippen LogP contribution >= 0.6 is 0 Å². The summed E-state index contributed by atoms with van der Waals surface area (Å²) >= 11 is 0. The van der Waals surface area contributed by atoms with E-state index in [0.29, 0.717) is 19.4 Å². The fourth-order valence-corrected chi connectivity index (χ4v) is 4.60. The van der Waals surface area contributed by atoms with E-state index in [1.807, 2.05) is 55.5 Å². The summed E-state index contributed by atoms with van der Waals surface area (Å²) in [6, 6.07) is 29.4. The van der Waals surface area contributed by atoms with Gasteiger partial charge in [0.15, 0.2) is 0 Å². The number of aryl methyl sites for hydroxylation is 1. The SMILES string of the molecule is CCCNC(=O)C(Cc1ccccc1)N(Cc1ccc(F)cc1)C(=O)CCc1cccc2ccccc12. The predicted octanol–water partition coefficient (Wildman–Crippen LogP) is 6.08. The Morgan fingerprint density at radius 2 is 1.54 bits per heavy atom. The number of nitrogens with zero attached hydrogens (tertiary/aromatic N) is 1. The molecule has 1 N–H and O–H groups in total. The normalized spacial score (nSPS) is 11.7. The highest BCUT2D eigenvalue weighted by molar-refractivity contribution is 5.89. The van der Waals surface area contributed by atoms with Crippen molar-refractivity contribution in [1.82, 2.24) is 10.2 Å². The van der Waals surface area contributed by atoms with E-state index in [1.54, 1.807) is 17.0 Å². The molecule has 4 aromatic rings. The van der Waals surface area contributed by atoms with E-state index in [-0.39, 0.29) is 30.6 Å². The number of carbonyl (C=O) groups is 2. The van der Waals surface area contributed by atoms with Gasteiger partial charge in [0.25, 0.3) is 0 Å². The van der Waals surface area contributed by atoms with Crippen molar-refractivity contribution in [3.05, 3.63) is 120 Å². The molecular weight excluding hydrogens is 463 g/mol. The first-order valence-electron chi connectivity index (χ1n) is 12.9. The summed E-state index contributed by atoms with van der Waals surface area (Å²) in [6.45, 7) is 2.77. The standard InChI is InChI=1S/C32H33FN2O2/c1-2-21-34-32(37)30(22-24-9-4-3-5-10-24)35(23-25-15-18-28(33)19-16-25)31(36)20-17-27-13-8-12-26-11-6-7-14-29(26)27/h3-16,18-19,30H,2,17,20-23H2,1H3,(H,34,37). The number of nitrogens with one attached hydrogen (secondary N) is 1. The average Bonchev–Trinajstić information content (AvgIpc) is 2.93. The van der Waals surface area contributed by atoms with Crippen LogP contribution in [0.3, 0.4) is 0 Å². The molecule has 5 heteroatoms. The first-order chi connectivity index (χ1) is 18.0. The largest absolute Gasteiger partial charge is 0.354 e. The highest BCUT2D eigenvalue weighted by Crippen LogP contribution is 2.22. The number of fused-ring (bicyclic) bond motifs is 1. The maximum atomic E-state index is 13.8. The molecule has 1 unspecified atom stereocenters. The van der Waals surface area contributed by atoms with E-state index in [9.17, 15) is 14.0 Å². The smallest absolute Gasteiger partial charge is 0.243 e. The molecule has 0 saturated heterocycles. The third kappa shape index (κ3) is 7.04. The van der Waals surface area contributed by atoms with Crippen LogP contribution in [0.2, 0.25) is 0 Å². The van der Waals surface area contributed by atoms with Gasteiger partial charge in [-0.15, -0.1) is 0 Å². The topological polar surface area (TPSA) is 49.4 Å². The maximum Gasteiger partial charge on any atom is 0.243 e. The van der Waals surface area contributed by atoms with Crippen LogP contribution in [0.15, 0.2) is 97.1 Å². The molecule has 0 aliphatic rings. The number of amides is 2. The second kappa shape index (κ2) is 12.8. The third-order valence-corrected chi connectivity index (χ3v) is 6.57. The highest BCUT2D eigenvalue weighted by atomic mass is 19.1. The van der Waals surface area contributed by atoms with Gasteiger partial charge in [0, 0.05) is 25.9 Å². The molecule has 0 spiro atoms. The van der Waals surface area contributed by atoms with Gasteiger partial charge >= 0.3 is 0 Å². The van der Waals surface area contributed by atoms with E-state index >= 15 is 0 Å². The second-order valence-corrected chi connectivity index (χ2v) is 9.28. The molecule has 0 bridgehead atoms. The molecule has 0 heterocycles. The van der Waals surface area contributed by atoms with Crippen molar-refractivity contribution in [3.8, 4) is 0 Å². The summed E-state index contributed by atoms with van der Waals surface area (Å²) < 4.78 is 13.6. The van der Waals surface area contributed by atoms with E-state index < -0.39 is 6.04 Å². The maximum absolute atomic E-state index is 13.8. The minimum atomic E-state index is -0.681. The fourth-order valence-electron chi connectivity index (χ4n) is 4.60. The van der Waals surface area contributed by atoms with E-state index in [1.165, 1.54) is 12.1 Å². The second-order valence-electron chi connectivity index (χ2n) is 9.28. The minimum absolute atomic E-state index is 0.107. The van der Waals surface area contributed by atoms with Crippen molar-refractivity contribution >= 4 is 22.6 Å². The zero-order valence-electron chi connectivity index (χ0n) is 21.2. The number of halogens is 1. The molecule has 4 aromatic carbocycles. The molecule has 2 amide bonds. The van der Waals surface area contributed by atoms with Gasteiger partial charge in [0.2, 0.25) is 11.8 Å². The molecular formula is C32H33FN2O2. The van der Waals surface area contributed by atoms with Gasteiger partial charge in [-0.1, -0.05) is 91.9 Å². The number of rotatable bonds is 11. The lowest BCUT2D eigenvalue weighted by atomic mass is 9.99. The Labute approximate surface area is 218 Å². The van der Waals surface area contributed by atoms with E-state index in [0.717, 1.165) is 33.9 Å². The Kier molecular flexibility index (Phi) is 9.03. The Hall–Kier alpha value is -3.99. The van der Waals surface area contributed by atoms with Crippen LogP contribution in [0.1, 0.15) is 36.5 Å². The lowest BCUT2D eigenvalue weighted by molar-refractivity contribution is -0.141.